The second-order valence-electron chi connectivity index (χ2n) is 4.73. The molecule has 1 heterocycles. The molecule has 0 unspecified atom stereocenters. The van der Waals surface area contributed by atoms with Crippen molar-refractivity contribution in [2.45, 2.75) is 17.9 Å². The van der Waals surface area contributed by atoms with Crippen molar-refractivity contribution in [3.05, 3.63) is 59.9 Å². The Bertz CT molecular complexity index is 670. The number of aliphatic hydroxyl groups is 1. The summed E-state index contributed by atoms with van der Waals surface area (Å²) in [5.74, 6) is 0. The zero-order valence-electron chi connectivity index (χ0n) is 11.8. The van der Waals surface area contributed by atoms with Gasteiger partial charge in [-0.1, -0.05) is 12.1 Å². The molecule has 2 rings (SSSR count). The van der Waals surface area contributed by atoms with Crippen LogP contribution in [0.15, 0.2) is 53.7 Å². The number of aliphatic hydroxyl groups excluding tert-OH is 1. The lowest BCUT2D eigenvalue weighted by Crippen LogP contribution is -2.26. The van der Waals surface area contributed by atoms with E-state index in [2.05, 4.69) is 4.98 Å². The number of hydrogen-bond acceptors (Lipinski definition) is 4. The minimum Gasteiger partial charge on any atom is -0.396 e. The Kier molecular flexibility index (Phi) is 5.06. The van der Waals surface area contributed by atoms with E-state index in [1.165, 1.54) is 4.31 Å². The number of aromatic nitrogens is 1. The molecular formula is C15H18N2O3S. The summed E-state index contributed by atoms with van der Waals surface area (Å²) in [7, 11) is -1.97. The van der Waals surface area contributed by atoms with Crippen molar-refractivity contribution >= 4 is 10.0 Å². The van der Waals surface area contributed by atoms with Crippen molar-refractivity contribution in [3.63, 3.8) is 0 Å². The van der Waals surface area contributed by atoms with Crippen molar-refractivity contribution in [2.75, 3.05) is 13.7 Å². The monoisotopic (exact) mass is 306 g/mol. The van der Waals surface area contributed by atoms with E-state index < -0.39 is 10.0 Å². The fourth-order valence-corrected chi connectivity index (χ4v) is 3.13. The maximum absolute atomic E-state index is 12.5. The normalized spacial score (nSPS) is 11.8. The van der Waals surface area contributed by atoms with E-state index in [9.17, 15) is 8.42 Å². The molecule has 0 aliphatic rings. The van der Waals surface area contributed by atoms with Gasteiger partial charge in [0.1, 0.15) is 0 Å². The van der Waals surface area contributed by atoms with Crippen LogP contribution in [-0.2, 0) is 23.0 Å². The second-order valence-corrected chi connectivity index (χ2v) is 6.78. The van der Waals surface area contributed by atoms with Crippen LogP contribution in [0.2, 0.25) is 0 Å². The summed E-state index contributed by atoms with van der Waals surface area (Å²) in [6.45, 7) is 0.345. The van der Waals surface area contributed by atoms with Crippen LogP contribution in [0.1, 0.15) is 11.1 Å². The maximum Gasteiger partial charge on any atom is 0.243 e. The highest BCUT2D eigenvalue weighted by molar-refractivity contribution is 7.89. The van der Waals surface area contributed by atoms with Crippen molar-refractivity contribution in [1.29, 1.82) is 0 Å². The third-order valence-electron chi connectivity index (χ3n) is 3.19. The molecule has 5 nitrogen and oxygen atoms in total. The predicted molar refractivity (Wildman–Crippen MR) is 80.1 cm³/mol. The van der Waals surface area contributed by atoms with Crippen LogP contribution in [0.5, 0.6) is 0 Å². The summed E-state index contributed by atoms with van der Waals surface area (Å²) in [5, 5.41) is 8.87. The van der Waals surface area contributed by atoms with Gasteiger partial charge in [-0.2, -0.15) is 4.31 Å². The highest BCUT2D eigenvalue weighted by Crippen LogP contribution is 2.17. The number of rotatable bonds is 6. The molecule has 0 radical (unpaired) electrons. The van der Waals surface area contributed by atoms with Crippen LogP contribution >= 0.6 is 0 Å². The molecule has 21 heavy (non-hydrogen) atoms. The first-order valence-electron chi connectivity index (χ1n) is 6.59. The Morgan fingerprint density at radius 1 is 1.05 bits per heavy atom. The Morgan fingerprint density at radius 2 is 1.67 bits per heavy atom. The zero-order chi connectivity index (χ0) is 15.3. The average molecular weight is 306 g/mol. The molecule has 2 aromatic rings. The summed E-state index contributed by atoms with van der Waals surface area (Å²) in [5.41, 5.74) is 1.79. The summed E-state index contributed by atoms with van der Waals surface area (Å²) < 4.78 is 26.2. The minimum absolute atomic E-state index is 0.0496. The zero-order valence-corrected chi connectivity index (χ0v) is 12.6. The molecule has 0 atom stereocenters. The molecule has 0 bridgehead atoms. The van der Waals surface area contributed by atoms with E-state index in [1.54, 1.807) is 55.8 Å². The fourth-order valence-electron chi connectivity index (χ4n) is 1.97. The molecule has 0 saturated carbocycles. The molecule has 0 amide bonds. The van der Waals surface area contributed by atoms with E-state index in [0.717, 1.165) is 11.1 Å². The van der Waals surface area contributed by atoms with Crippen molar-refractivity contribution < 1.29 is 13.5 Å². The molecule has 1 aromatic carbocycles. The smallest absolute Gasteiger partial charge is 0.243 e. The number of pyridine rings is 1. The van der Waals surface area contributed by atoms with Crippen molar-refractivity contribution in [3.8, 4) is 0 Å². The minimum atomic E-state index is -3.52. The molecule has 0 saturated heterocycles. The van der Waals surface area contributed by atoms with Crippen LogP contribution in [0.3, 0.4) is 0 Å². The summed E-state index contributed by atoms with van der Waals surface area (Å²) in [4.78, 5) is 4.16. The van der Waals surface area contributed by atoms with Crippen LogP contribution in [0, 0.1) is 0 Å². The molecule has 0 aliphatic heterocycles. The lowest BCUT2D eigenvalue weighted by molar-refractivity contribution is 0.299. The average Bonchev–Trinajstić information content (AvgIpc) is 2.49. The van der Waals surface area contributed by atoms with E-state index >= 15 is 0 Å². The summed E-state index contributed by atoms with van der Waals surface area (Å²) in [6, 6.07) is 10.2. The van der Waals surface area contributed by atoms with Gasteiger partial charge in [-0.15, -0.1) is 0 Å². The molecule has 0 fully saturated rings. The molecule has 1 N–H and O–H groups in total. The fraction of sp³-hybridized carbons (Fsp3) is 0.267. The van der Waals surface area contributed by atoms with Crippen LogP contribution < -0.4 is 0 Å². The standard InChI is InChI=1S/C15H18N2O3S/c1-17(12-14-6-9-16-10-7-14)21(19,20)15-4-2-13(3-5-15)8-11-18/h2-7,9-10,18H,8,11-12H2,1H3. The maximum atomic E-state index is 12.5. The van der Waals surface area contributed by atoms with Crippen molar-refractivity contribution in [1.82, 2.24) is 9.29 Å². The summed E-state index contributed by atoms with van der Waals surface area (Å²) in [6.07, 6.45) is 3.80. The van der Waals surface area contributed by atoms with Gasteiger partial charge in [-0.3, -0.25) is 4.98 Å². The van der Waals surface area contributed by atoms with Gasteiger partial charge in [0.25, 0.3) is 0 Å². The van der Waals surface area contributed by atoms with Gasteiger partial charge in [0.05, 0.1) is 4.90 Å². The second kappa shape index (κ2) is 6.80. The van der Waals surface area contributed by atoms with E-state index in [-0.39, 0.29) is 11.5 Å². The van der Waals surface area contributed by atoms with Crippen molar-refractivity contribution in [2.24, 2.45) is 0 Å². The molecule has 112 valence electrons. The highest BCUT2D eigenvalue weighted by Gasteiger charge is 2.20. The lowest BCUT2D eigenvalue weighted by atomic mass is 10.2. The Labute approximate surface area is 124 Å². The topological polar surface area (TPSA) is 70.5 Å². The van der Waals surface area contributed by atoms with E-state index in [4.69, 9.17) is 5.11 Å². The SMILES string of the molecule is CN(Cc1ccncc1)S(=O)(=O)c1ccc(CCO)cc1. The Hall–Kier alpha value is -1.76. The van der Waals surface area contributed by atoms with Gasteiger partial charge in [-0.05, 0) is 41.8 Å². The first-order valence-corrected chi connectivity index (χ1v) is 8.03. The van der Waals surface area contributed by atoms with Gasteiger partial charge >= 0.3 is 0 Å². The third kappa shape index (κ3) is 3.87. The van der Waals surface area contributed by atoms with Crippen LogP contribution in [-0.4, -0.2) is 36.5 Å². The number of sulfonamides is 1. The molecular weight excluding hydrogens is 288 g/mol. The lowest BCUT2D eigenvalue weighted by Gasteiger charge is -2.17. The Balaban J connectivity index is 2.16. The third-order valence-corrected chi connectivity index (χ3v) is 5.00. The quantitative estimate of drug-likeness (QED) is 0.876. The van der Waals surface area contributed by atoms with Gasteiger partial charge in [0, 0.05) is 32.6 Å². The van der Waals surface area contributed by atoms with Gasteiger partial charge in [-0.25, -0.2) is 8.42 Å². The molecule has 0 aliphatic carbocycles. The van der Waals surface area contributed by atoms with E-state index in [1.807, 2.05) is 0 Å². The van der Waals surface area contributed by atoms with Crippen LogP contribution in [0.4, 0.5) is 0 Å². The first kappa shape index (κ1) is 15.6. The summed E-state index contributed by atoms with van der Waals surface area (Å²) >= 11 is 0. The Morgan fingerprint density at radius 3 is 2.24 bits per heavy atom. The number of hydrogen-bond donors (Lipinski definition) is 1. The van der Waals surface area contributed by atoms with E-state index in [0.29, 0.717) is 13.0 Å². The first-order chi connectivity index (χ1) is 10.0. The molecule has 0 spiro atoms. The van der Waals surface area contributed by atoms with Gasteiger partial charge in [0.15, 0.2) is 0 Å². The van der Waals surface area contributed by atoms with Gasteiger partial charge in [0.2, 0.25) is 10.0 Å². The molecule has 1 aromatic heterocycles. The highest BCUT2D eigenvalue weighted by atomic mass is 32.2. The van der Waals surface area contributed by atoms with Crippen LogP contribution in [0.25, 0.3) is 0 Å². The number of benzene rings is 1. The largest absolute Gasteiger partial charge is 0.396 e. The number of nitrogens with zero attached hydrogens (tertiary/aromatic N) is 2. The molecule has 6 heteroatoms. The predicted octanol–water partition coefficient (Wildman–Crippen LogP) is 1.44. The van der Waals surface area contributed by atoms with Gasteiger partial charge < -0.3 is 5.11 Å².